The zero-order chi connectivity index (χ0) is 19.8. The molecule has 2 heterocycles. The molecular formula is C19H23FN2O4S. The number of ether oxygens (including phenoxy) is 1. The molecule has 6 nitrogen and oxygen atoms in total. The molecule has 0 bridgehead atoms. The summed E-state index contributed by atoms with van der Waals surface area (Å²) in [6, 6.07) is 5.27. The van der Waals surface area contributed by atoms with Crippen molar-refractivity contribution in [3.05, 3.63) is 35.6 Å². The predicted molar refractivity (Wildman–Crippen MR) is 99.4 cm³/mol. The number of thioether (sulfide) groups is 1. The van der Waals surface area contributed by atoms with E-state index in [9.17, 15) is 18.8 Å². The molecule has 2 saturated heterocycles. The molecule has 27 heavy (non-hydrogen) atoms. The fourth-order valence-electron chi connectivity index (χ4n) is 4.33. The van der Waals surface area contributed by atoms with E-state index < -0.39 is 35.2 Å². The van der Waals surface area contributed by atoms with Gasteiger partial charge < -0.3 is 4.74 Å². The predicted octanol–water partition coefficient (Wildman–Crippen LogP) is 1.76. The summed E-state index contributed by atoms with van der Waals surface area (Å²) in [6.45, 7) is 1.96. The van der Waals surface area contributed by atoms with Crippen LogP contribution in [0.15, 0.2) is 24.3 Å². The van der Waals surface area contributed by atoms with Crippen LogP contribution in [-0.4, -0.2) is 53.9 Å². The van der Waals surface area contributed by atoms with Crippen molar-refractivity contribution in [3.63, 3.8) is 0 Å². The number of nitrogens with one attached hydrogen (secondary N) is 1. The second-order valence-electron chi connectivity index (χ2n) is 6.81. The Kier molecular flexibility index (Phi) is 5.58. The summed E-state index contributed by atoms with van der Waals surface area (Å²) in [6.07, 6.45) is 2.24. The van der Waals surface area contributed by atoms with Gasteiger partial charge in [0.1, 0.15) is 11.4 Å². The Labute approximate surface area is 161 Å². The number of rotatable bonds is 6. The number of amides is 2. The maximum atomic E-state index is 13.8. The molecule has 0 saturated carbocycles. The number of esters is 1. The average molecular weight is 394 g/mol. The molecule has 1 aromatic rings. The Morgan fingerprint density at radius 1 is 1.37 bits per heavy atom. The van der Waals surface area contributed by atoms with Crippen LogP contribution in [0.3, 0.4) is 0 Å². The molecule has 0 radical (unpaired) electrons. The van der Waals surface area contributed by atoms with Crippen molar-refractivity contribution in [1.82, 2.24) is 10.2 Å². The van der Waals surface area contributed by atoms with Crippen molar-refractivity contribution in [3.8, 4) is 0 Å². The number of carbonyl (C=O) groups excluding carboxylic acids is 3. The van der Waals surface area contributed by atoms with Gasteiger partial charge in [-0.25, -0.2) is 4.39 Å². The van der Waals surface area contributed by atoms with Crippen molar-refractivity contribution in [2.45, 2.75) is 24.9 Å². The van der Waals surface area contributed by atoms with Gasteiger partial charge in [-0.3, -0.25) is 24.6 Å². The molecule has 2 fully saturated rings. The topological polar surface area (TPSA) is 75.7 Å². The highest BCUT2D eigenvalue weighted by Crippen LogP contribution is 2.50. The van der Waals surface area contributed by atoms with E-state index in [0.29, 0.717) is 17.7 Å². The number of carbonyl (C=O) groups is 3. The number of methoxy groups -OCH3 is 1. The van der Waals surface area contributed by atoms with Crippen LogP contribution in [0.25, 0.3) is 0 Å². The summed E-state index contributed by atoms with van der Waals surface area (Å²) < 4.78 is 18.9. The lowest BCUT2D eigenvalue weighted by molar-refractivity contribution is -0.154. The van der Waals surface area contributed by atoms with Gasteiger partial charge in [-0.1, -0.05) is 12.1 Å². The van der Waals surface area contributed by atoms with Crippen LogP contribution in [0.4, 0.5) is 4.39 Å². The van der Waals surface area contributed by atoms with Crippen molar-refractivity contribution < 1.29 is 23.5 Å². The summed E-state index contributed by atoms with van der Waals surface area (Å²) in [5.74, 6) is -2.72. The SMILES string of the molecule is CCN1C(=O)[C@H]2[C@@H](C1=O)[C@@](CCSC)(C(=O)OC)N[C@H]2c1cccc(F)c1. The minimum absolute atomic E-state index is 0.236. The fourth-order valence-corrected chi connectivity index (χ4v) is 4.85. The van der Waals surface area contributed by atoms with Crippen LogP contribution >= 0.6 is 11.8 Å². The molecule has 2 aliphatic heterocycles. The Hall–Kier alpha value is -1.93. The van der Waals surface area contributed by atoms with Crippen molar-refractivity contribution >= 4 is 29.5 Å². The third-order valence-electron chi connectivity index (χ3n) is 5.52. The van der Waals surface area contributed by atoms with Gasteiger partial charge in [0, 0.05) is 12.6 Å². The molecule has 3 rings (SSSR count). The Bertz CT molecular complexity index is 774. The summed E-state index contributed by atoms with van der Waals surface area (Å²) in [5.41, 5.74) is -0.769. The van der Waals surface area contributed by atoms with Gasteiger partial charge in [-0.15, -0.1) is 0 Å². The van der Waals surface area contributed by atoms with Gasteiger partial charge >= 0.3 is 5.97 Å². The summed E-state index contributed by atoms with van der Waals surface area (Å²) in [4.78, 5) is 40.1. The number of benzene rings is 1. The molecule has 4 atom stereocenters. The van der Waals surface area contributed by atoms with E-state index in [2.05, 4.69) is 5.32 Å². The maximum Gasteiger partial charge on any atom is 0.326 e. The van der Waals surface area contributed by atoms with Crippen LogP contribution in [0.5, 0.6) is 0 Å². The Balaban J connectivity index is 2.14. The van der Waals surface area contributed by atoms with Crippen LogP contribution in [0, 0.1) is 17.7 Å². The van der Waals surface area contributed by atoms with Crippen LogP contribution in [0.1, 0.15) is 24.9 Å². The van der Waals surface area contributed by atoms with E-state index in [-0.39, 0.29) is 18.4 Å². The molecule has 1 aromatic carbocycles. The van der Waals surface area contributed by atoms with Gasteiger partial charge in [0.2, 0.25) is 11.8 Å². The van der Waals surface area contributed by atoms with Gasteiger partial charge in [0.15, 0.2) is 0 Å². The van der Waals surface area contributed by atoms with E-state index in [4.69, 9.17) is 4.74 Å². The van der Waals surface area contributed by atoms with E-state index in [1.165, 1.54) is 35.9 Å². The lowest BCUT2D eigenvalue weighted by Crippen LogP contribution is -2.56. The Morgan fingerprint density at radius 2 is 2.11 bits per heavy atom. The largest absolute Gasteiger partial charge is 0.468 e. The van der Waals surface area contributed by atoms with Crippen molar-refractivity contribution in [2.75, 3.05) is 25.7 Å². The average Bonchev–Trinajstić information content (AvgIpc) is 3.14. The quantitative estimate of drug-likeness (QED) is 0.585. The normalized spacial score (nSPS) is 29.9. The molecule has 0 spiro atoms. The number of likely N-dealkylation sites (tertiary alicyclic amines) is 1. The van der Waals surface area contributed by atoms with Crippen LogP contribution in [0.2, 0.25) is 0 Å². The smallest absolute Gasteiger partial charge is 0.326 e. The fraction of sp³-hybridized carbons (Fsp3) is 0.526. The van der Waals surface area contributed by atoms with E-state index in [0.717, 1.165) is 0 Å². The van der Waals surface area contributed by atoms with Crippen LogP contribution in [-0.2, 0) is 19.1 Å². The number of hydrogen-bond acceptors (Lipinski definition) is 6. The first-order chi connectivity index (χ1) is 12.9. The van der Waals surface area contributed by atoms with E-state index >= 15 is 0 Å². The first-order valence-corrected chi connectivity index (χ1v) is 10.3. The van der Waals surface area contributed by atoms with Crippen LogP contribution < -0.4 is 5.32 Å². The highest BCUT2D eigenvalue weighted by Gasteiger charge is 2.68. The molecule has 2 aliphatic rings. The van der Waals surface area contributed by atoms with E-state index in [1.54, 1.807) is 19.1 Å². The number of imide groups is 1. The molecule has 2 amide bonds. The molecule has 1 N–H and O–H groups in total. The lowest BCUT2D eigenvalue weighted by Gasteiger charge is -2.32. The van der Waals surface area contributed by atoms with Crippen molar-refractivity contribution in [2.24, 2.45) is 11.8 Å². The Morgan fingerprint density at radius 3 is 2.70 bits per heavy atom. The first-order valence-electron chi connectivity index (χ1n) is 8.87. The highest BCUT2D eigenvalue weighted by atomic mass is 32.2. The zero-order valence-corrected chi connectivity index (χ0v) is 16.3. The molecule has 0 aliphatic carbocycles. The molecule has 8 heteroatoms. The van der Waals surface area contributed by atoms with Gasteiger partial charge in [0.25, 0.3) is 0 Å². The van der Waals surface area contributed by atoms with Gasteiger partial charge in [-0.05, 0) is 43.0 Å². The van der Waals surface area contributed by atoms with Gasteiger partial charge in [-0.2, -0.15) is 11.8 Å². The minimum atomic E-state index is -1.31. The van der Waals surface area contributed by atoms with Crippen molar-refractivity contribution in [1.29, 1.82) is 0 Å². The molecule has 0 unspecified atom stereocenters. The third-order valence-corrected chi connectivity index (χ3v) is 6.13. The molecule has 0 aromatic heterocycles. The second-order valence-corrected chi connectivity index (χ2v) is 7.79. The molecule has 146 valence electrons. The summed E-state index contributed by atoms with van der Waals surface area (Å²) in [5, 5.41) is 3.22. The molecular weight excluding hydrogens is 371 g/mol. The second kappa shape index (κ2) is 7.59. The third kappa shape index (κ3) is 3.04. The first kappa shape index (κ1) is 19.8. The standard InChI is InChI=1S/C19H23FN2O4S/c1-4-22-16(23)13-14(17(22)24)19(8-9-27-3,18(25)26-2)21-15(13)11-6-5-7-12(20)10-11/h5-7,10,13-15,21H,4,8-9H2,1-3H3/t13-,14-,15-,19-/m0/s1. The minimum Gasteiger partial charge on any atom is -0.468 e. The lowest BCUT2D eigenvalue weighted by atomic mass is 9.78. The monoisotopic (exact) mass is 394 g/mol. The number of hydrogen-bond donors (Lipinski definition) is 1. The van der Waals surface area contributed by atoms with E-state index in [1.807, 2.05) is 6.26 Å². The highest BCUT2D eigenvalue weighted by molar-refractivity contribution is 7.98. The zero-order valence-electron chi connectivity index (χ0n) is 15.5. The number of halogens is 1. The van der Waals surface area contributed by atoms with Gasteiger partial charge in [0.05, 0.1) is 18.9 Å². The number of fused-ring (bicyclic) bond motifs is 1. The summed E-state index contributed by atoms with van der Waals surface area (Å²) >= 11 is 1.54. The summed E-state index contributed by atoms with van der Waals surface area (Å²) in [7, 11) is 1.27. The maximum absolute atomic E-state index is 13.8. The number of nitrogens with zero attached hydrogens (tertiary/aromatic N) is 1.